The van der Waals surface area contributed by atoms with Gasteiger partial charge < -0.3 is 20.2 Å². The van der Waals surface area contributed by atoms with Gasteiger partial charge >= 0.3 is 0 Å². The molecular weight excluding hydrogens is 452 g/mol. The van der Waals surface area contributed by atoms with Crippen LogP contribution in [-0.2, 0) is 11.2 Å². The molecule has 4 rings (SSSR count). The fourth-order valence-electron chi connectivity index (χ4n) is 4.93. The van der Waals surface area contributed by atoms with E-state index in [2.05, 4.69) is 32.0 Å². The molecule has 1 aromatic carbocycles. The Morgan fingerprint density at radius 3 is 2.59 bits per heavy atom. The van der Waals surface area contributed by atoms with E-state index in [4.69, 9.17) is 11.6 Å². The number of rotatable bonds is 8. The highest BCUT2D eigenvalue weighted by Crippen LogP contribution is 2.37. The maximum atomic E-state index is 12.0. The van der Waals surface area contributed by atoms with E-state index in [0.29, 0.717) is 17.5 Å². The standard InChI is InChI=1S/C25H35ClN6O2/c1-17-4-9-21-23(17)24(29-16-28-21)31-10-12-32(13-11-31)25(34)20(14-27-15-22(33)30(2)3)18-5-7-19(26)8-6-18/h5-8,16-17,20,25,27,34H,4,9-15H2,1-3H3/t17-,20-,25?/m1/s1. The molecule has 0 spiro atoms. The molecule has 0 saturated carbocycles. The minimum absolute atomic E-state index is 0.00423. The second-order valence-corrected chi connectivity index (χ2v) is 9.95. The van der Waals surface area contributed by atoms with Crippen LogP contribution in [0.15, 0.2) is 30.6 Å². The van der Waals surface area contributed by atoms with Crippen molar-refractivity contribution in [1.82, 2.24) is 25.1 Å². The number of fused-ring (bicyclic) bond motifs is 1. The van der Waals surface area contributed by atoms with E-state index in [0.717, 1.165) is 50.4 Å². The number of aliphatic hydroxyl groups excluding tert-OH is 1. The van der Waals surface area contributed by atoms with Crippen LogP contribution in [0.3, 0.4) is 0 Å². The Kier molecular flexibility index (Phi) is 8.03. The summed E-state index contributed by atoms with van der Waals surface area (Å²) >= 11 is 6.10. The number of anilines is 1. The number of aryl methyl sites for hydroxylation is 1. The lowest BCUT2D eigenvalue weighted by Gasteiger charge is -2.41. The number of nitrogens with zero attached hydrogens (tertiary/aromatic N) is 5. The molecule has 1 fully saturated rings. The molecule has 8 nitrogen and oxygen atoms in total. The normalized spacial score (nSPS) is 20.1. The van der Waals surface area contributed by atoms with E-state index in [9.17, 15) is 9.90 Å². The zero-order chi connectivity index (χ0) is 24.2. The van der Waals surface area contributed by atoms with E-state index in [-0.39, 0.29) is 18.4 Å². The summed E-state index contributed by atoms with van der Waals surface area (Å²) in [6, 6.07) is 7.59. The van der Waals surface area contributed by atoms with Crippen molar-refractivity contribution in [2.75, 3.05) is 58.3 Å². The van der Waals surface area contributed by atoms with Gasteiger partial charge in [-0.3, -0.25) is 9.69 Å². The largest absolute Gasteiger partial charge is 0.378 e. The van der Waals surface area contributed by atoms with Crippen LogP contribution in [0.25, 0.3) is 0 Å². The van der Waals surface area contributed by atoms with Gasteiger partial charge in [0.05, 0.1) is 6.54 Å². The maximum absolute atomic E-state index is 12.0. The molecule has 2 aromatic rings. The highest BCUT2D eigenvalue weighted by Gasteiger charge is 2.32. The number of carbonyl (C=O) groups excluding carboxylic acids is 1. The molecule has 1 aliphatic carbocycles. The zero-order valence-electron chi connectivity index (χ0n) is 20.2. The highest BCUT2D eigenvalue weighted by atomic mass is 35.5. The molecule has 1 aliphatic heterocycles. The summed E-state index contributed by atoms with van der Waals surface area (Å²) < 4.78 is 0. The van der Waals surface area contributed by atoms with Gasteiger partial charge in [-0.25, -0.2) is 9.97 Å². The third-order valence-corrected chi connectivity index (χ3v) is 7.29. The molecule has 9 heteroatoms. The van der Waals surface area contributed by atoms with Crippen LogP contribution in [-0.4, -0.2) is 90.4 Å². The molecule has 0 bridgehead atoms. The number of piperazine rings is 1. The topological polar surface area (TPSA) is 84.8 Å². The van der Waals surface area contributed by atoms with Gasteiger partial charge in [0.15, 0.2) is 0 Å². The number of amides is 1. The van der Waals surface area contributed by atoms with Crippen molar-refractivity contribution in [1.29, 1.82) is 0 Å². The number of nitrogens with one attached hydrogen (secondary N) is 1. The second kappa shape index (κ2) is 11.0. The van der Waals surface area contributed by atoms with Crippen LogP contribution < -0.4 is 10.2 Å². The fraction of sp³-hybridized carbons (Fsp3) is 0.560. The molecular formula is C25H35ClN6O2. The van der Waals surface area contributed by atoms with Crippen LogP contribution in [0.5, 0.6) is 0 Å². The van der Waals surface area contributed by atoms with Crippen LogP contribution in [0.4, 0.5) is 5.82 Å². The van der Waals surface area contributed by atoms with Gasteiger partial charge in [-0.1, -0.05) is 30.7 Å². The molecule has 1 aromatic heterocycles. The molecule has 0 radical (unpaired) electrons. The number of hydrogen-bond acceptors (Lipinski definition) is 7. The summed E-state index contributed by atoms with van der Waals surface area (Å²) in [5.74, 6) is 1.36. The van der Waals surface area contributed by atoms with Crippen molar-refractivity contribution >= 4 is 23.3 Å². The summed E-state index contributed by atoms with van der Waals surface area (Å²) in [5.41, 5.74) is 3.47. The van der Waals surface area contributed by atoms with Crippen molar-refractivity contribution in [2.24, 2.45) is 0 Å². The Labute approximate surface area is 206 Å². The molecule has 2 heterocycles. The van der Waals surface area contributed by atoms with Gasteiger partial charge in [-0.2, -0.15) is 0 Å². The molecule has 1 saturated heterocycles. The Hall–Kier alpha value is -2.26. The lowest BCUT2D eigenvalue weighted by Crippen LogP contribution is -2.53. The van der Waals surface area contributed by atoms with Gasteiger partial charge in [-0.15, -0.1) is 0 Å². The zero-order valence-corrected chi connectivity index (χ0v) is 21.0. The van der Waals surface area contributed by atoms with Gasteiger partial charge in [-0.05, 0) is 36.5 Å². The highest BCUT2D eigenvalue weighted by molar-refractivity contribution is 6.30. The fourth-order valence-corrected chi connectivity index (χ4v) is 5.05. The minimum atomic E-state index is -0.680. The van der Waals surface area contributed by atoms with E-state index >= 15 is 0 Å². The van der Waals surface area contributed by atoms with Crippen LogP contribution in [0.1, 0.15) is 42.0 Å². The predicted octanol–water partition coefficient (Wildman–Crippen LogP) is 2.08. The Morgan fingerprint density at radius 1 is 1.21 bits per heavy atom. The van der Waals surface area contributed by atoms with Crippen LogP contribution in [0.2, 0.25) is 5.02 Å². The average Bonchev–Trinajstić information content (AvgIpc) is 3.23. The van der Waals surface area contributed by atoms with Crippen LogP contribution in [0, 0.1) is 0 Å². The van der Waals surface area contributed by atoms with E-state index in [1.807, 2.05) is 24.3 Å². The summed E-state index contributed by atoms with van der Waals surface area (Å²) in [6.07, 6.45) is 3.16. The van der Waals surface area contributed by atoms with Crippen molar-refractivity contribution in [2.45, 2.75) is 37.8 Å². The molecule has 1 amide bonds. The number of halogens is 1. The van der Waals surface area contributed by atoms with Crippen molar-refractivity contribution < 1.29 is 9.90 Å². The number of carbonyl (C=O) groups is 1. The third kappa shape index (κ3) is 5.51. The van der Waals surface area contributed by atoms with Crippen molar-refractivity contribution in [3.05, 3.63) is 52.4 Å². The maximum Gasteiger partial charge on any atom is 0.236 e. The van der Waals surface area contributed by atoms with Crippen LogP contribution >= 0.6 is 11.6 Å². The monoisotopic (exact) mass is 486 g/mol. The van der Waals surface area contributed by atoms with Crippen molar-refractivity contribution in [3.63, 3.8) is 0 Å². The second-order valence-electron chi connectivity index (χ2n) is 9.51. The summed E-state index contributed by atoms with van der Waals surface area (Å²) in [6.45, 7) is 6.03. The summed E-state index contributed by atoms with van der Waals surface area (Å²) in [4.78, 5) is 27.1. The summed E-state index contributed by atoms with van der Waals surface area (Å²) in [5, 5.41) is 15.3. The first-order valence-corrected chi connectivity index (χ1v) is 12.4. The minimum Gasteiger partial charge on any atom is -0.378 e. The van der Waals surface area contributed by atoms with E-state index in [1.54, 1.807) is 25.3 Å². The molecule has 2 N–H and O–H groups in total. The molecule has 3 atom stereocenters. The number of hydrogen-bond donors (Lipinski definition) is 2. The van der Waals surface area contributed by atoms with E-state index < -0.39 is 6.23 Å². The number of aliphatic hydroxyl groups is 1. The first-order valence-electron chi connectivity index (χ1n) is 12.0. The Bertz CT molecular complexity index is 978. The Morgan fingerprint density at radius 2 is 1.91 bits per heavy atom. The molecule has 184 valence electrons. The third-order valence-electron chi connectivity index (χ3n) is 7.04. The molecule has 2 aliphatic rings. The first kappa shape index (κ1) is 24.9. The predicted molar refractivity (Wildman–Crippen MR) is 134 cm³/mol. The van der Waals surface area contributed by atoms with Gasteiger partial charge in [0.2, 0.25) is 5.91 Å². The molecule has 34 heavy (non-hydrogen) atoms. The van der Waals surface area contributed by atoms with Gasteiger partial charge in [0.25, 0.3) is 0 Å². The SMILES string of the molecule is C[C@@H]1CCc2ncnc(N3CCN(C(O)[C@H](CNCC(=O)N(C)C)c4ccc(Cl)cc4)CC3)c21. The van der Waals surface area contributed by atoms with Crippen molar-refractivity contribution in [3.8, 4) is 0 Å². The Balaban J connectivity index is 1.43. The van der Waals surface area contributed by atoms with Gasteiger partial charge in [0.1, 0.15) is 18.4 Å². The quantitative estimate of drug-likeness (QED) is 0.591. The lowest BCUT2D eigenvalue weighted by atomic mass is 9.95. The molecule has 1 unspecified atom stereocenters. The summed E-state index contributed by atoms with van der Waals surface area (Å²) in [7, 11) is 3.48. The number of benzene rings is 1. The number of aromatic nitrogens is 2. The van der Waals surface area contributed by atoms with E-state index in [1.165, 1.54) is 11.3 Å². The lowest BCUT2D eigenvalue weighted by molar-refractivity contribution is -0.127. The average molecular weight is 487 g/mol. The van der Waals surface area contributed by atoms with Gasteiger partial charge in [0, 0.05) is 69.0 Å². The number of likely N-dealkylation sites (N-methyl/N-ethyl adjacent to an activating group) is 1. The smallest absolute Gasteiger partial charge is 0.236 e. The first-order chi connectivity index (χ1) is 16.3.